The van der Waals surface area contributed by atoms with Crippen molar-refractivity contribution in [1.82, 2.24) is 0 Å². The lowest BCUT2D eigenvalue weighted by molar-refractivity contribution is 0.101. The zero-order chi connectivity index (χ0) is 17.3. The Morgan fingerprint density at radius 1 is 1.21 bits per heavy atom. The second-order valence-corrected chi connectivity index (χ2v) is 6.77. The Labute approximate surface area is 151 Å². The molecule has 3 rings (SSSR count). The maximum atomic E-state index is 14.8. The quantitative estimate of drug-likeness (QED) is 0.693. The summed E-state index contributed by atoms with van der Waals surface area (Å²) in [5.41, 5.74) is 0.991. The molecule has 0 saturated heterocycles. The number of ether oxygens (including phenoxy) is 1. The maximum Gasteiger partial charge on any atom is 0.188 e. The molecule has 2 aromatic rings. The van der Waals surface area contributed by atoms with E-state index in [4.69, 9.17) is 9.84 Å². The lowest BCUT2D eigenvalue weighted by Gasteiger charge is -2.28. The molecule has 2 aromatic carbocycles. The largest absolute Gasteiger partial charge is 0.490 e. The Morgan fingerprint density at radius 2 is 1.96 bits per heavy atom. The van der Waals surface area contributed by atoms with Crippen molar-refractivity contribution in [2.75, 3.05) is 24.7 Å². The monoisotopic (exact) mass is 447 g/mol. The standard InChI is InChI=1S/C17H16F2INO3/c18-13-7-11(20)2-4-14(13)21(8-12(23)9-22)15-3-1-10-5-6-24-17(10)16(15)19/h1-4,7,12,22-23H,5-6,8-9H2/t12-/m0/s1. The molecule has 128 valence electrons. The lowest BCUT2D eigenvalue weighted by Crippen LogP contribution is -2.32. The molecule has 2 N–H and O–H groups in total. The van der Waals surface area contributed by atoms with Crippen molar-refractivity contribution in [3.8, 4) is 5.75 Å². The van der Waals surface area contributed by atoms with E-state index in [2.05, 4.69) is 0 Å². The first-order chi connectivity index (χ1) is 11.5. The minimum atomic E-state index is -1.14. The Bertz CT molecular complexity index is 757. The van der Waals surface area contributed by atoms with Gasteiger partial charge in [0, 0.05) is 15.6 Å². The average Bonchev–Trinajstić information content (AvgIpc) is 3.03. The number of rotatable bonds is 5. The molecule has 0 amide bonds. The van der Waals surface area contributed by atoms with Crippen LogP contribution in [0.1, 0.15) is 5.56 Å². The third-order valence-corrected chi connectivity index (χ3v) is 4.54. The van der Waals surface area contributed by atoms with E-state index >= 15 is 0 Å². The van der Waals surface area contributed by atoms with Crippen LogP contribution in [-0.4, -0.2) is 36.1 Å². The van der Waals surface area contributed by atoms with Gasteiger partial charge >= 0.3 is 0 Å². The predicted octanol–water partition coefficient (Wildman–Crippen LogP) is 3.00. The van der Waals surface area contributed by atoms with Gasteiger partial charge in [0.25, 0.3) is 0 Å². The molecule has 1 aliphatic rings. The molecule has 0 aromatic heterocycles. The van der Waals surface area contributed by atoms with Crippen molar-refractivity contribution in [2.45, 2.75) is 12.5 Å². The van der Waals surface area contributed by atoms with Gasteiger partial charge in [-0.15, -0.1) is 0 Å². The number of aliphatic hydroxyl groups excluding tert-OH is 2. The fourth-order valence-electron chi connectivity index (χ4n) is 2.71. The van der Waals surface area contributed by atoms with Crippen LogP contribution in [0, 0.1) is 15.2 Å². The van der Waals surface area contributed by atoms with E-state index in [1.807, 2.05) is 22.6 Å². The van der Waals surface area contributed by atoms with Crippen molar-refractivity contribution in [2.24, 2.45) is 0 Å². The van der Waals surface area contributed by atoms with Gasteiger partial charge in [-0.3, -0.25) is 0 Å². The smallest absolute Gasteiger partial charge is 0.188 e. The molecule has 0 unspecified atom stereocenters. The van der Waals surface area contributed by atoms with E-state index in [0.29, 0.717) is 16.6 Å². The average molecular weight is 447 g/mol. The molecule has 7 heteroatoms. The van der Waals surface area contributed by atoms with Gasteiger partial charge in [-0.05, 0) is 46.9 Å². The van der Waals surface area contributed by atoms with Crippen molar-refractivity contribution in [3.63, 3.8) is 0 Å². The zero-order valence-electron chi connectivity index (χ0n) is 12.7. The third-order valence-electron chi connectivity index (χ3n) is 3.87. The van der Waals surface area contributed by atoms with Crippen molar-refractivity contribution < 1.29 is 23.7 Å². The predicted molar refractivity (Wildman–Crippen MR) is 94.8 cm³/mol. The summed E-state index contributed by atoms with van der Waals surface area (Å²) in [6.45, 7) is -0.248. The van der Waals surface area contributed by atoms with Crippen LogP contribution in [0.5, 0.6) is 5.75 Å². The van der Waals surface area contributed by atoms with Gasteiger partial charge in [0.1, 0.15) is 5.82 Å². The molecule has 0 radical (unpaired) electrons. The van der Waals surface area contributed by atoms with Crippen LogP contribution in [-0.2, 0) is 6.42 Å². The number of aliphatic hydroxyl groups is 2. The van der Waals surface area contributed by atoms with Crippen LogP contribution in [0.15, 0.2) is 30.3 Å². The van der Waals surface area contributed by atoms with Gasteiger partial charge in [-0.1, -0.05) is 6.07 Å². The van der Waals surface area contributed by atoms with E-state index in [1.165, 1.54) is 17.0 Å². The van der Waals surface area contributed by atoms with Crippen molar-refractivity contribution >= 4 is 34.0 Å². The highest BCUT2D eigenvalue weighted by molar-refractivity contribution is 14.1. The highest BCUT2D eigenvalue weighted by Gasteiger charge is 2.26. The third kappa shape index (κ3) is 3.33. The summed E-state index contributed by atoms with van der Waals surface area (Å²) in [7, 11) is 0. The van der Waals surface area contributed by atoms with Crippen LogP contribution < -0.4 is 9.64 Å². The summed E-state index contributed by atoms with van der Waals surface area (Å²) in [5.74, 6) is -0.956. The summed E-state index contributed by atoms with van der Waals surface area (Å²) in [6.07, 6.45) is -0.513. The van der Waals surface area contributed by atoms with Gasteiger partial charge in [0.05, 0.1) is 37.2 Å². The van der Waals surface area contributed by atoms with E-state index in [-0.39, 0.29) is 23.7 Å². The molecule has 0 bridgehead atoms. The second-order valence-electron chi connectivity index (χ2n) is 5.53. The molecule has 1 atom stereocenters. The van der Waals surface area contributed by atoms with E-state index in [0.717, 1.165) is 5.56 Å². The molecule has 0 spiro atoms. The molecule has 24 heavy (non-hydrogen) atoms. The first-order valence-corrected chi connectivity index (χ1v) is 8.55. The van der Waals surface area contributed by atoms with E-state index in [9.17, 15) is 13.9 Å². The molecule has 0 aliphatic carbocycles. The number of hydrogen-bond acceptors (Lipinski definition) is 4. The molecular formula is C17H16F2INO3. The minimum absolute atomic E-state index is 0.100. The maximum absolute atomic E-state index is 14.8. The summed E-state index contributed by atoms with van der Waals surface area (Å²) >= 11 is 1.98. The summed E-state index contributed by atoms with van der Waals surface area (Å²) in [5, 5.41) is 18.9. The fraction of sp³-hybridized carbons (Fsp3) is 0.294. The van der Waals surface area contributed by atoms with E-state index in [1.54, 1.807) is 18.2 Å². The number of nitrogens with zero attached hydrogens (tertiary/aromatic N) is 1. The van der Waals surface area contributed by atoms with Crippen molar-refractivity contribution in [3.05, 3.63) is 51.1 Å². The van der Waals surface area contributed by atoms with Gasteiger partial charge in [0.2, 0.25) is 0 Å². The van der Waals surface area contributed by atoms with Crippen LogP contribution in [0.3, 0.4) is 0 Å². The molecule has 4 nitrogen and oxygen atoms in total. The number of fused-ring (bicyclic) bond motifs is 1. The van der Waals surface area contributed by atoms with Crippen LogP contribution in [0.2, 0.25) is 0 Å². The highest BCUT2D eigenvalue weighted by Crippen LogP contribution is 2.38. The number of hydrogen-bond donors (Lipinski definition) is 2. The fourth-order valence-corrected chi connectivity index (χ4v) is 3.16. The van der Waals surface area contributed by atoms with Crippen LogP contribution in [0.4, 0.5) is 20.2 Å². The lowest BCUT2D eigenvalue weighted by atomic mass is 10.1. The SMILES string of the molecule is OC[C@@H](O)CN(c1ccc(I)cc1F)c1ccc2c(c1F)OCC2. The van der Waals surface area contributed by atoms with E-state index < -0.39 is 24.3 Å². The molecular weight excluding hydrogens is 431 g/mol. The zero-order valence-corrected chi connectivity index (χ0v) is 14.8. The van der Waals surface area contributed by atoms with Gasteiger partial charge in [0.15, 0.2) is 11.6 Å². The molecule has 1 aliphatic heterocycles. The second kappa shape index (κ2) is 7.20. The minimum Gasteiger partial charge on any atom is -0.490 e. The Morgan fingerprint density at radius 3 is 2.67 bits per heavy atom. The molecule has 1 heterocycles. The Kier molecular flexibility index (Phi) is 5.21. The van der Waals surface area contributed by atoms with Crippen molar-refractivity contribution in [1.29, 1.82) is 0 Å². The van der Waals surface area contributed by atoms with Gasteiger partial charge in [-0.25, -0.2) is 8.78 Å². The van der Waals surface area contributed by atoms with Crippen LogP contribution in [0.25, 0.3) is 0 Å². The summed E-state index contributed by atoms with van der Waals surface area (Å²) in [4.78, 5) is 1.32. The van der Waals surface area contributed by atoms with Gasteiger partial charge < -0.3 is 19.8 Å². The number of benzene rings is 2. The first kappa shape index (κ1) is 17.4. The topological polar surface area (TPSA) is 52.9 Å². The molecule has 0 saturated carbocycles. The Hall–Kier alpha value is -1.45. The Balaban J connectivity index is 2.08. The number of halogens is 3. The normalized spacial score (nSPS) is 14.2. The summed E-state index contributed by atoms with van der Waals surface area (Å²) in [6, 6.07) is 7.83. The van der Waals surface area contributed by atoms with Gasteiger partial charge in [-0.2, -0.15) is 0 Å². The molecule has 0 fully saturated rings. The first-order valence-electron chi connectivity index (χ1n) is 7.47. The number of anilines is 2. The van der Waals surface area contributed by atoms with Crippen LogP contribution >= 0.6 is 22.6 Å². The highest BCUT2D eigenvalue weighted by atomic mass is 127. The summed E-state index contributed by atoms with van der Waals surface area (Å²) < 4.78 is 35.3.